The van der Waals surface area contributed by atoms with E-state index in [2.05, 4.69) is 15.6 Å². The van der Waals surface area contributed by atoms with E-state index in [9.17, 15) is 9.59 Å². The second-order valence-corrected chi connectivity index (χ2v) is 7.67. The van der Waals surface area contributed by atoms with Gasteiger partial charge in [0.25, 0.3) is 0 Å². The Bertz CT molecular complexity index is 1050. The molecule has 2 amide bonds. The van der Waals surface area contributed by atoms with Crippen molar-refractivity contribution >= 4 is 28.3 Å². The van der Waals surface area contributed by atoms with Crippen LogP contribution in [0.25, 0.3) is 11.3 Å². The highest BCUT2D eigenvalue weighted by Gasteiger charge is 2.18. The maximum absolute atomic E-state index is 12.6. The molecule has 0 spiro atoms. The summed E-state index contributed by atoms with van der Waals surface area (Å²) in [5.74, 6) is 1.00. The number of aromatic nitrogens is 1. The van der Waals surface area contributed by atoms with Crippen molar-refractivity contribution in [3.8, 4) is 22.8 Å². The molecule has 1 aliphatic heterocycles. The molecule has 3 aromatic rings. The molecule has 7 nitrogen and oxygen atoms in total. The number of carbonyl (C=O) groups excluding carboxylic acids is 2. The van der Waals surface area contributed by atoms with E-state index in [4.69, 9.17) is 9.47 Å². The van der Waals surface area contributed by atoms with Crippen molar-refractivity contribution in [1.82, 2.24) is 10.3 Å². The maximum atomic E-state index is 12.6. The van der Waals surface area contributed by atoms with E-state index in [1.807, 2.05) is 53.9 Å². The lowest BCUT2D eigenvalue weighted by Gasteiger charge is -2.18. The molecule has 0 fully saturated rings. The topological polar surface area (TPSA) is 89.6 Å². The highest BCUT2D eigenvalue weighted by atomic mass is 32.1. The number of thiazole rings is 1. The van der Waals surface area contributed by atoms with Crippen molar-refractivity contribution in [2.45, 2.75) is 19.4 Å². The van der Waals surface area contributed by atoms with Gasteiger partial charge in [-0.05, 0) is 23.8 Å². The Morgan fingerprint density at radius 2 is 1.87 bits per heavy atom. The fraction of sp³-hybridized carbons (Fsp3) is 0.227. The lowest BCUT2D eigenvalue weighted by molar-refractivity contribution is -0.120. The summed E-state index contributed by atoms with van der Waals surface area (Å²) in [6, 6.07) is 14.7. The number of amides is 2. The summed E-state index contributed by atoms with van der Waals surface area (Å²) in [5.41, 5.74) is 2.50. The zero-order valence-corrected chi connectivity index (χ0v) is 17.2. The molecule has 0 saturated carbocycles. The van der Waals surface area contributed by atoms with Gasteiger partial charge in [-0.3, -0.25) is 9.59 Å². The summed E-state index contributed by atoms with van der Waals surface area (Å²) in [4.78, 5) is 28.7. The summed E-state index contributed by atoms with van der Waals surface area (Å²) < 4.78 is 11.2. The number of carbonyl (C=O) groups is 2. The molecule has 0 radical (unpaired) electrons. The summed E-state index contributed by atoms with van der Waals surface area (Å²) in [6.07, 6.45) is 0.114. The number of benzene rings is 2. The number of rotatable bonds is 6. The van der Waals surface area contributed by atoms with Crippen LogP contribution in [0.3, 0.4) is 0 Å². The summed E-state index contributed by atoms with van der Waals surface area (Å²) in [6.45, 7) is 2.50. The second-order valence-electron chi connectivity index (χ2n) is 6.81. The third-order valence-corrected chi connectivity index (χ3v) is 5.32. The first-order valence-electron chi connectivity index (χ1n) is 9.56. The van der Waals surface area contributed by atoms with Gasteiger partial charge < -0.3 is 20.1 Å². The number of fused-ring (bicyclic) bond motifs is 1. The predicted molar refractivity (Wildman–Crippen MR) is 115 cm³/mol. The smallest absolute Gasteiger partial charge is 0.228 e. The third-order valence-electron chi connectivity index (χ3n) is 4.56. The molecule has 0 bridgehead atoms. The van der Waals surface area contributed by atoms with Crippen LogP contribution in [0.1, 0.15) is 24.9 Å². The van der Waals surface area contributed by atoms with Crippen LogP contribution in [0.4, 0.5) is 5.13 Å². The molecule has 0 aliphatic carbocycles. The minimum Gasteiger partial charge on any atom is -0.486 e. The van der Waals surface area contributed by atoms with Gasteiger partial charge in [0.05, 0.1) is 18.2 Å². The molecule has 2 heterocycles. The first-order valence-corrected chi connectivity index (χ1v) is 10.4. The zero-order chi connectivity index (χ0) is 20.9. The van der Waals surface area contributed by atoms with E-state index in [1.54, 1.807) is 0 Å². The Morgan fingerprint density at radius 3 is 2.63 bits per heavy atom. The standard InChI is InChI=1S/C22H21N3O4S/c1-14(26)23-17(15-5-3-2-4-6-15)12-21(27)25-22-24-18(13-30-22)16-7-8-19-20(11-16)29-10-9-28-19/h2-8,11,13,17H,9-10,12H2,1H3,(H,23,26)(H,24,25,27)/t17-/m0/s1. The van der Waals surface area contributed by atoms with Crippen LogP contribution >= 0.6 is 11.3 Å². The lowest BCUT2D eigenvalue weighted by atomic mass is 10.0. The van der Waals surface area contributed by atoms with Crippen LogP contribution in [-0.4, -0.2) is 30.0 Å². The molecule has 1 atom stereocenters. The van der Waals surface area contributed by atoms with Crippen molar-refractivity contribution in [2.75, 3.05) is 18.5 Å². The van der Waals surface area contributed by atoms with Crippen LogP contribution in [0.15, 0.2) is 53.9 Å². The fourth-order valence-electron chi connectivity index (χ4n) is 3.21. The average molecular weight is 423 g/mol. The van der Waals surface area contributed by atoms with Crippen LogP contribution in [0.5, 0.6) is 11.5 Å². The highest BCUT2D eigenvalue weighted by molar-refractivity contribution is 7.14. The first-order chi connectivity index (χ1) is 14.6. The summed E-state index contributed by atoms with van der Waals surface area (Å²) >= 11 is 1.34. The van der Waals surface area contributed by atoms with E-state index in [0.717, 1.165) is 22.6 Å². The van der Waals surface area contributed by atoms with Gasteiger partial charge in [0, 0.05) is 17.9 Å². The normalized spacial score (nSPS) is 13.4. The third kappa shape index (κ3) is 4.77. The van der Waals surface area contributed by atoms with Crippen molar-refractivity contribution < 1.29 is 19.1 Å². The van der Waals surface area contributed by atoms with Crippen LogP contribution in [0.2, 0.25) is 0 Å². The van der Waals surface area contributed by atoms with Crippen LogP contribution in [-0.2, 0) is 9.59 Å². The molecule has 4 rings (SSSR count). The first kappa shape index (κ1) is 19.9. The second kappa shape index (κ2) is 8.96. The van der Waals surface area contributed by atoms with Gasteiger partial charge in [-0.1, -0.05) is 30.3 Å². The van der Waals surface area contributed by atoms with Gasteiger partial charge >= 0.3 is 0 Å². The molecule has 1 aromatic heterocycles. The van der Waals surface area contributed by atoms with Gasteiger partial charge in [0.1, 0.15) is 13.2 Å². The number of anilines is 1. The monoisotopic (exact) mass is 423 g/mol. The van der Waals surface area contributed by atoms with E-state index in [-0.39, 0.29) is 18.2 Å². The van der Waals surface area contributed by atoms with Gasteiger partial charge in [-0.15, -0.1) is 11.3 Å². The van der Waals surface area contributed by atoms with Crippen molar-refractivity contribution in [2.24, 2.45) is 0 Å². The molecule has 0 saturated heterocycles. The Morgan fingerprint density at radius 1 is 1.10 bits per heavy atom. The average Bonchev–Trinajstić information content (AvgIpc) is 3.21. The molecule has 8 heteroatoms. The van der Waals surface area contributed by atoms with E-state index in [0.29, 0.717) is 24.1 Å². The minimum atomic E-state index is -0.402. The molecular formula is C22H21N3O4S. The summed E-state index contributed by atoms with van der Waals surface area (Å²) in [7, 11) is 0. The lowest BCUT2D eigenvalue weighted by Crippen LogP contribution is -2.29. The number of hydrogen-bond acceptors (Lipinski definition) is 6. The van der Waals surface area contributed by atoms with E-state index < -0.39 is 6.04 Å². The van der Waals surface area contributed by atoms with Gasteiger partial charge in [0.15, 0.2) is 16.6 Å². The zero-order valence-electron chi connectivity index (χ0n) is 16.4. The van der Waals surface area contributed by atoms with Crippen LogP contribution < -0.4 is 20.1 Å². The number of hydrogen-bond donors (Lipinski definition) is 2. The highest BCUT2D eigenvalue weighted by Crippen LogP contribution is 2.35. The molecule has 154 valence electrons. The number of ether oxygens (including phenoxy) is 2. The largest absolute Gasteiger partial charge is 0.486 e. The van der Waals surface area contributed by atoms with Crippen LogP contribution in [0, 0.1) is 0 Å². The molecule has 2 aromatic carbocycles. The van der Waals surface area contributed by atoms with E-state index in [1.165, 1.54) is 18.3 Å². The maximum Gasteiger partial charge on any atom is 0.228 e. The molecule has 2 N–H and O–H groups in total. The predicted octanol–water partition coefficient (Wildman–Crippen LogP) is 3.79. The fourth-order valence-corrected chi connectivity index (χ4v) is 3.94. The Hall–Kier alpha value is -3.39. The van der Waals surface area contributed by atoms with Crippen molar-refractivity contribution in [1.29, 1.82) is 0 Å². The molecule has 30 heavy (non-hydrogen) atoms. The van der Waals surface area contributed by atoms with Gasteiger partial charge in [0.2, 0.25) is 11.8 Å². The van der Waals surface area contributed by atoms with Crippen molar-refractivity contribution in [3.63, 3.8) is 0 Å². The molecular weight excluding hydrogens is 402 g/mol. The summed E-state index contributed by atoms with van der Waals surface area (Å²) in [5, 5.41) is 8.04. The SMILES string of the molecule is CC(=O)N[C@@H](CC(=O)Nc1nc(-c2ccc3c(c2)OCCO3)cs1)c1ccccc1. The van der Waals surface area contributed by atoms with Gasteiger partial charge in [-0.25, -0.2) is 4.98 Å². The quantitative estimate of drug-likeness (QED) is 0.630. The molecule has 1 aliphatic rings. The van der Waals surface area contributed by atoms with Crippen molar-refractivity contribution in [3.05, 3.63) is 59.5 Å². The minimum absolute atomic E-state index is 0.114. The number of nitrogens with one attached hydrogen (secondary N) is 2. The molecule has 0 unspecified atom stereocenters. The number of nitrogens with zero attached hydrogens (tertiary/aromatic N) is 1. The Labute approximate surface area is 178 Å². The van der Waals surface area contributed by atoms with E-state index >= 15 is 0 Å². The van der Waals surface area contributed by atoms with Gasteiger partial charge in [-0.2, -0.15) is 0 Å². The Balaban J connectivity index is 1.44. The Kier molecular flexibility index (Phi) is 5.94.